The van der Waals surface area contributed by atoms with Crippen LogP contribution in [-0.4, -0.2) is 29.9 Å². The summed E-state index contributed by atoms with van der Waals surface area (Å²) in [4.78, 5) is 31.7. The van der Waals surface area contributed by atoms with Gasteiger partial charge in [-0.1, -0.05) is 194 Å². The van der Waals surface area contributed by atoms with Crippen LogP contribution in [-0.2, 0) is 0 Å². The smallest absolute Gasteiger partial charge is 0.0972 e. The highest BCUT2D eigenvalue weighted by atomic mass is 31.1. The Hall–Kier alpha value is -9.70. The first kappa shape index (κ1) is 47.5. The van der Waals surface area contributed by atoms with Crippen LogP contribution in [0.5, 0.6) is 0 Å². The fraction of sp³-hybridized carbons (Fsp3) is 0. The lowest BCUT2D eigenvalue weighted by Crippen LogP contribution is -2.21. The topological polar surface area (TPSA) is 77.3 Å². The molecule has 15 rings (SSSR count). The van der Waals surface area contributed by atoms with Gasteiger partial charge in [0.05, 0.1) is 55.9 Å². The third-order valence-corrected chi connectivity index (χ3v) is 19.8. The van der Waals surface area contributed by atoms with Crippen molar-refractivity contribution >= 4 is 113 Å². The average molecular weight is 1060 g/mol. The molecule has 0 N–H and O–H groups in total. The Morgan fingerprint density at radius 1 is 0.200 bits per heavy atom. The Morgan fingerprint density at radius 3 is 0.738 bits per heavy atom. The molecule has 6 heterocycles. The minimum Gasteiger partial charge on any atom is -0.254 e. The van der Waals surface area contributed by atoms with Crippen molar-refractivity contribution in [2.24, 2.45) is 0 Å². The van der Waals surface area contributed by atoms with Gasteiger partial charge in [-0.05, 0) is 120 Å². The zero-order chi connectivity index (χ0) is 52.9. The maximum absolute atomic E-state index is 5.63. The minimum atomic E-state index is -0.976. The lowest BCUT2D eigenvalue weighted by molar-refractivity contribution is 1.35. The van der Waals surface area contributed by atoms with Crippen LogP contribution in [0.1, 0.15) is 0 Å². The first-order valence-electron chi connectivity index (χ1n) is 26.7. The van der Waals surface area contributed by atoms with Crippen LogP contribution >= 0.6 is 15.8 Å². The van der Waals surface area contributed by atoms with Gasteiger partial charge in [-0.2, -0.15) is 0 Å². The van der Waals surface area contributed by atoms with Gasteiger partial charge in [0.1, 0.15) is 0 Å². The molecule has 6 aromatic heterocycles. The zero-order valence-corrected chi connectivity index (χ0v) is 44.9. The normalized spacial score (nSPS) is 11.7. The first-order valence-corrected chi connectivity index (χ1v) is 29.4. The summed E-state index contributed by atoms with van der Waals surface area (Å²) < 4.78 is 0. The second-order valence-electron chi connectivity index (χ2n) is 20.0. The SMILES string of the molecule is c1ccc(P(c2ccccc2)c2cc(-c3ccc4ccc5cccnc5c4n3)cc(-c3ccc4ccc5ccc(-c6cc(-c7ccc8ccc9cccnc9c8n7)cc(P(c7ccccc7)c7ccccc7)c6)nc5c4n3)c2)cc1. The molecule has 374 valence electrons. The van der Waals surface area contributed by atoms with E-state index in [0.29, 0.717) is 0 Å². The molecule has 0 fully saturated rings. The third kappa shape index (κ3) is 8.82. The van der Waals surface area contributed by atoms with Crippen LogP contribution in [0.15, 0.2) is 279 Å². The van der Waals surface area contributed by atoms with Crippen molar-refractivity contribution in [3.05, 3.63) is 279 Å². The fourth-order valence-corrected chi connectivity index (χ4v) is 15.9. The summed E-state index contributed by atoms with van der Waals surface area (Å²) in [6, 6.07) is 95.6. The summed E-state index contributed by atoms with van der Waals surface area (Å²) in [6.07, 6.45) is 3.69. The van der Waals surface area contributed by atoms with Gasteiger partial charge >= 0.3 is 0 Å². The molecular formula is C72H46N6P2. The molecule has 9 aromatic carbocycles. The number of benzene rings is 9. The van der Waals surface area contributed by atoms with E-state index in [1.165, 1.54) is 31.8 Å². The summed E-state index contributed by atoms with van der Waals surface area (Å²) in [5, 5.41) is 13.7. The quantitative estimate of drug-likeness (QED) is 0.100. The molecule has 6 nitrogen and oxygen atoms in total. The summed E-state index contributed by atoms with van der Waals surface area (Å²) in [5.41, 5.74) is 12.7. The van der Waals surface area contributed by atoms with Crippen LogP contribution in [0.25, 0.3) is 110 Å². The molecule has 0 aliphatic carbocycles. The number of rotatable bonds is 10. The highest BCUT2D eigenvalue weighted by Crippen LogP contribution is 2.40. The predicted octanol–water partition coefficient (Wildman–Crippen LogP) is 15.2. The van der Waals surface area contributed by atoms with Crippen molar-refractivity contribution in [2.75, 3.05) is 0 Å². The Labute approximate surface area is 464 Å². The van der Waals surface area contributed by atoms with Gasteiger partial charge in [-0.3, -0.25) is 9.97 Å². The summed E-state index contributed by atoms with van der Waals surface area (Å²) in [6.45, 7) is 0. The number of pyridine rings is 6. The Morgan fingerprint density at radius 2 is 0.450 bits per heavy atom. The number of fused-ring (bicyclic) bond motifs is 9. The lowest BCUT2D eigenvalue weighted by atomic mass is 10.0. The summed E-state index contributed by atoms with van der Waals surface area (Å²) >= 11 is 0. The van der Waals surface area contributed by atoms with Crippen molar-refractivity contribution in [1.29, 1.82) is 0 Å². The molecule has 0 unspecified atom stereocenters. The molecule has 0 bridgehead atoms. The largest absolute Gasteiger partial charge is 0.254 e. The van der Waals surface area contributed by atoms with Crippen molar-refractivity contribution in [3.8, 4) is 45.0 Å². The molecule has 0 spiro atoms. The number of hydrogen-bond donors (Lipinski definition) is 0. The summed E-state index contributed by atoms with van der Waals surface area (Å²) in [5.74, 6) is 0. The molecular weight excluding hydrogens is 1010 g/mol. The van der Waals surface area contributed by atoms with E-state index in [9.17, 15) is 0 Å². The van der Waals surface area contributed by atoms with Crippen LogP contribution < -0.4 is 31.8 Å². The van der Waals surface area contributed by atoms with Gasteiger partial charge in [-0.15, -0.1) is 0 Å². The Bertz CT molecular complexity index is 4460. The van der Waals surface area contributed by atoms with Crippen LogP contribution in [0, 0.1) is 0 Å². The van der Waals surface area contributed by atoms with E-state index in [1.807, 2.05) is 24.5 Å². The molecule has 0 saturated heterocycles. The lowest BCUT2D eigenvalue weighted by Gasteiger charge is -2.21. The third-order valence-electron chi connectivity index (χ3n) is 15.0. The molecule has 0 aliphatic rings. The van der Waals surface area contributed by atoms with Crippen molar-refractivity contribution in [2.45, 2.75) is 0 Å². The van der Waals surface area contributed by atoms with Crippen molar-refractivity contribution < 1.29 is 0 Å². The molecule has 0 saturated carbocycles. The summed E-state index contributed by atoms with van der Waals surface area (Å²) in [7, 11) is -1.95. The molecule has 0 aliphatic heterocycles. The van der Waals surface area contributed by atoms with Crippen molar-refractivity contribution in [3.63, 3.8) is 0 Å². The first-order chi connectivity index (χ1) is 39.6. The highest BCUT2D eigenvalue weighted by Gasteiger charge is 2.23. The van der Waals surface area contributed by atoms with Crippen LogP contribution in [0.2, 0.25) is 0 Å². The van der Waals surface area contributed by atoms with Gasteiger partial charge in [-0.25, -0.2) is 19.9 Å². The molecule has 0 atom stereocenters. The molecule has 80 heavy (non-hydrogen) atoms. The Kier molecular flexibility index (Phi) is 12.0. The van der Waals surface area contributed by atoms with E-state index in [0.717, 1.165) is 110 Å². The van der Waals surface area contributed by atoms with Gasteiger partial charge in [0, 0.05) is 67.0 Å². The van der Waals surface area contributed by atoms with Gasteiger partial charge in [0.15, 0.2) is 0 Å². The van der Waals surface area contributed by atoms with Crippen LogP contribution in [0.4, 0.5) is 0 Å². The molecule has 15 aromatic rings. The molecule has 0 amide bonds. The number of nitrogens with zero attached hydrogens (tertiary/aromatic N) is 6. The van der Waals surface area contributed by atoms with E-state index in [1.54, 1.807) is 0 Å². The molecule has 8 heteroatoms. The van der Waals surface area contributed by atoms with Gasteiger partial charge in [0.2, 0.25) is 0 Å². The zero-order valence-electron chi connectivity index (χ0n) is 43.1. The van der Waals surface area contributed by atoms with E-state index in [2.05, 4.69) is 255 Å². The number of hydrogen-bond acceptors (Lipinski definition) is 6. The monoisotopic (exact) mass is 1060 g/mol. The van der Waals surface area contributed by atoms with Gasteiger partial charge in [0.25, 0.3) is 0 Å². The Balaban J connectivity index is 0.919. The van der Waals surface area contributed by atoms with E-state index in [-0.39, 0.29) is 0 Å². The maximum Gasteiger partial charge on any atom is 0.0972 e. The second kappa shape index (κ2) is 20.3. The second-order valence-corrected chi connectivity index (χ2v) is 24.4. The molecule has 0 radical (unpaired) electrons. The predicted molar refractivity (Wildman–Crippen MR) is 337 cm³/mol. The van der Waals surface area contributed by atoms with Crippen LogP contribution in [0.3, 0.4) is 0 Å². The minimum absolute atomic E-state index is 0.839. The maximum atomic E-state index is 5.63. The standard InChI is InChI=1S/C72H46N6P2/c1-5-17-57(18-6-1)79(58-19-7-2-8-20-58)61-43-53(63-35-31-49-27-25-47-15-13-39-73-67(47)69(49)75-63)41-55(45-61)65-37-33-51-29-30-52-34-38-66(78-72(52)71(51)77-65)56-42-54(64-36-32-50-28-26-48-16-14-40-74-68(48)70(50)76-64)44-62(46-56)80(59-21-9-3-10-22-59)60-23-11-4-12-24-60/h1-46H. The van der Waals surface area contributed by atoms with E-state index < -0.39 is 15.8 Å². The van der Waals surface area contributed by atoms with Crippen molar-refractivity contribution in [1.82, 2.24) is 29.9 Å². The van der Waals surface area contributed by atoms with Gasteiger partial charge < -0.3 is 0 Å². The average Bonchev–Trinajstić information content (AvgIpc) is 3.60. The fourth-order valence-electron chi connectivity index (χ4n) is 11.1. The number of aromatic nitrogens is 6. The highest BCUT2D eigenvalue weighted by molar-refractivity contribution is 7.80. The van der Waals surface area contributed by atoms with E-state index >= 15 is 0 Å². The van der Waals surface area contributed by atoms with E-state index in [4.69, 9.17) is 29.9 Å².